The molecule has 0 spiro atoms. The molecule has 2 heterocycles. The molecule has 4 aromatic rings. The number of nitrogens with zero attached hydrogens (tertiary/aromatic N) is 4. The van der Waals surface area contributed by atoms with Crippen LogP contribution in [0.3, 0.4) is 0 Å². The van der Waals surface area contributed by atoms with Crippen LogP contribution in [-0.4, -0.2) is 25.1 Å². The minimum absolute atomic E-state index is 0.198. The third-order valence-electron chi connectivity index (χ3n) is 4.51. The minimum atomic E-state index is -2.45. The lowest BCUT2D eigenvalue weighted by atomic mass is 10.1. The molecule has 0 bridgehead atoms. The molecule has 0 aliphatic heterocycles. The highest BCUT2D eigenvalue weighted by atomic mass is 32.2. The number of hydrogen-bond acceptors (Lipinski definition) is 4. The molecule has 2 aromatic carbocycles. The summed E-state index contributed by atoms with van der Waals surface area (Å²) >= 11 is 0.496. The van der Waals surface area contributed by atoms with Crippen molar-refractivity contribution in [3.05, 3.63) is 82.0 Å². The summed E-state index contributed by atoms with van der Waals surface area (Å²) in [6.45, 7) is 4.32. The third kappa shape index (κ3) is 4.07. The van der Waals surface area contributed by atoms with Gasteiger partial charge in [-0.2, -0.15) is 13.9 Å². The molecule has 2 aromatic heterocycles. The summed E-state index contributed by atoms with van der Waals surface area (Å²) in [4.78, 5) is 17.8. The molecule has 0 fully saturated rings. The lowest BCUT2D eigenvalue weighted by Crippen LogP contribution is -2.21. The van der Waals surface area contributed by atoms with Gasteiger partial charge in [-0.25, -0.2) is 9.67 Å². The summed E-state index contributed by atoms with van der Waals surface area (Å²) < 4.78 is 28.0. The predicted octanol–water partition coefficient (Wildman–Crippen LogP) is 4.56. The summed E-state index contributed by atoms with van der Waals surface area (Å²) in [5, 5.41) is 4.79. The number of hydrogen-bond donors (Lipinski definition) is 0. The first kappa shape index (κ1) is 19.3. The van der Waals surface area contributed by atoms with Crippen LogP contribution < -0.4 is 5.56 Å². The first-order valence-corrected chi connectivity index (χ1v) is 9.84. The third-order valence-corrected chi connectivity index (χ3v) is 5.23. The van der Waals surface area contributed by atoms with Crippen molar-refractivity contribution in [1.82, 2.24) is 19.3 Å². The maximum atomic E-state index is 12.9. The van der Waals surface area contributed by atoms with Crippen LogP contribution in [0, 0.1) is 13.8 Å². The summed E-state index contributed by atoms with van der Waals surface area (Å²) in [5.41, 5.74) is 4.19. The van der Waals surface area contributed by atoms with Gasteiger partial charge < -0.3 is 0 Å². The number of benzene rings is 2. The number of rotatable bonds is 5. The standard InChI is InChI=1S/C21H18F2N4OS/c1-13-7-14(2)9-16(8-13)27-19-18(10-25-27)20(28)26(12-24-19)11-15-3-5-17(6-4-15)29-21(22)23/h3-10,12,21H,11H2,1-2H3. The molecule has 0 unspecified atom stereocenters. The lowest BCUT2D eigenvalue weighted by molar-refractivity contribution is 0.252. The van der Waals surface area contributed by atoms with Crippen molar-refractivity contribution in [1.29, 1.82) is 0 Å². The molecule has 0 N–H and O–H groups in total. The Labute approximate surface area is 170 Å². The molecule has 8 heteroatoms. The summed E-state index contributed by atoms with van der Waals surface area (Å²) in [7, 11) is 0. The van der Waals surface area contributed by atoms with Crippen LogP contribution in [0.5, 0.6) is 0 Å². The van der Waals surface area contributed by atoms with Crippen molar-refractivity contribution in [2.75, 3.05) is 0 Å². The van der Waals surface area contributed by atoms with E-state index in [-0.39, 0.29) is 5.56 Å². The van der Waals surface area contributed by atoms with Gasteiger partial charge in [0.15, 0.2) is 5.65 Å². The van der Waals surface area contributed by atoms with Crippen LogP contribution in [0.4, 0.5) is 8.78 Å². The van der Waals surface area contributed by atoms with Crippen molar-refractivity contribution in [2.24, 2.45) is 0 Å². The zero-order chi connectivity index (χ0) is 20.5. The number of halogens is 2. The smallest absolute Gasteiger partial charge is 0.288 e. The Hall–Kier alpha value is -3.00. The number of alkyl halides is 2. The molecule has 5 nitrogen and oxygen atoms in total. The Balaban J connectivity index is 1.66. The maximum Gasteiger partial charge on any atom is 0.288 e. The van der Waals surface area contributed by atoms with E-state index >= 15 is 0 Å². The molecular formula is C21H18F2N4OS. The van der Waals surface area contributed by atoms with E-state index in [0.717, 1.165) is 22.4 Å². The molecule has 0 saturated heterocycles. The first-order chi connectivity index (χ1) is 13.9. The minimum Gasteiger partial charge on any atom is -0.294 e. The monoisotopic (exact) mass is 412 g/mol. The molecule has 0 amide bonds. The first-order valence-electron chi connectivity index (χ1n) is 8.96. The van der Waals surface area contributed by atoms with E-state index in [1.807, 2.05) is 26.0 Å². The highest BCUT2D eigenvalue weighted by Crippen LogP contribution is 2.25. The molecular weight excluding hydrogens is 394 g/mol. The van der Waals surface area contributed by atoms with Crippen LogP contribution >= 0.6 is 11.8 Å². The fraction of sp³-hybridized carbons (Fsp3) is 0.190. The van der Waals surface area contributed by atoms with Crippen molar-refractivity contribution >= 4 is 22.8 Å². The van der Waals surface area contributed by atoms with Crippen LogP contribution in [0.2, 0.25) is 0 Å². The van der Waals surface area contributed by atoms with Crippen molar-refractivity contribution in [3.63, 3.8) is 0 Å². The molecule has 0 saturated carbocycles. The van der Waals surface area contributed by atoms with E-state index in [0.29, 0.717) is 34.2 Å². The predicted molar refractivity (Wildman–Crippen MR) is 110 cm³/mol. The van der Waals surface area contributed by atoms with Crippen molar-refractivity contribution < 1.29 is 8.78 Å². The van der Waals surface area contributed by atoms with Crippen LogP contribution in [0.1, 0.15) is 16.7 Å². The van der Waals surface area contributed by atoms with E-state index < -0.39 is 5.76 Å². The second kappa shape index (κ2) is 7.79. The quantitative estimate of drug-likeness (QED) is 0.451. The number of thioether (sulfide) groups is 1. The zero-order valence-corrected chi connectivity index (χ0v) is 16.7. The molecule has 0 atom stereocenters. The second-order valence-corrected chi connectivity index (χ2v) is 7.90. The molecule has 4 rings (SSSR count). The Morgan fingerprint density at radius 2 is 1.76 bits per heavy atom. The normalized spacial score (nSPS) is 11.5. The van der Waals surface area contributed by atoms with Gasteiger partial charge in [0.2, 0.25) is 0 Å². The largest absolute Gasteiger partial charge is 0.294 e. The van der Waals surface area contributed by atoms with Crippen LogP contribution in [0.15, 0.2) is 64.7 Å². The Kier molecular flexibility index (Phi) is 5.19. The maximum absolute atomic E-state index is 12.9. The highest BCUT2D eigenvalue weighted by molar-refractivity contribution is 7.99. The topological polar surface area (TPSA) is 52.7 Å². The molecule has 0 aliphatic rings. The van der Waals surface area contributed by atoms with Gasteiger partial charge in [0.25, 0.3) is 11.3 Å². The van der Waals surface area contributed by atoms with Gasteiger partial charge in [-0.1, -0.05) is 30.0 Å². The van der Waals surface area contributed by atoms with E-state index in [2.05, 4.69) is 16.1 Å². The van der Waals surface area contributed by atoms with Crippen LogP contribution in [-0.2, 0) is 6.54 Å². The average molecular weight is 412 g/mol. The molecule has 0 aliphatic carbocycles. The van der Waals surface area contributed by atoms with Gasteiger partial charge in [0.1, 0.15) is 11.7 Å². The summed E-state index contributed by atoms with van der Waals surface area (Å²) in [6.07, 6.45) is 3.02. The summed E-state index contributed by atoms with van der Waals surface area (Å²) in [5.74, 6) is -2.45. The summed E-state index contributed by atoms with van der Waals surface area (Å²) in [6, 6.07) is 12.8. The van der Waals surface area contributed by atoms with Gasteiger partial charge in [0.05, 0.1) is 18.4 Å². The molecule has 0 radical (unpaired) electrons. The molecule has 29 heavy (non-hydrogen) atoms. The fourth-order valence-corrected chi connectivity index (χ4v) is 3.80. The fourth-order valence-electron chi connectivity index (χ4n) is 3.30. The van der Waals surface area contributed by atoms with E-state index in [9.17, 15) is 13.6 Å². The number of aryl methyl sites for hydroxylation is 2. The van der Waals surface area contributed by atoms with Crippen molar-refractivity contribution in [2.45, 2.75) is 31.0 Å². The van der Waals surface area contributed by atoms with Crippen molar-refractivity contribution in [3.8, 4) is 5.69 Å². The zero-order valence-electron chi connectivity index (χ0n) is 15.8. The second-order valence-electron chi connectivity index (χ2n) is 6.84. The Morgan fingerprint density at radius 1 is 1.07 bits per heavy atom. The van der Waals surface area contributed by atoms with Gasteiger partial charge in [-0.05, 0) is 54.8 Å². The SMILES string of the molecule is Cc1cc(C)cc(-n2ncc3c(=O)n(Cc4ccc(SC(F)F)cc4)cnc32)c1. The van der Waals surface area contributed by atoms with Gasteiger partial charge >= 0.3 is 0 Å². The highest BCUT2D eigenvalue weighted by Gasteiger charge is 2.12. The van der Waals surface area contributed by atoms with Gasteiger partial charge in [0, 0.05) is 4.90 Å². The lowest BCUT2D eigenvalue weighted by Gasteiger charge is -2.08. The number of fused-ring (bicyclic) bond motifs is 1. The average Bonchev–Trinajstić information content (AvgIpc) is 3.09. The van der Waals surface area contributed by atoms with Gasteiger partial charge in [-0.3, -0.25) is 9.36 Å². The molecule has 148 valence electrons. The number of aromatic nitrogens is 4. The van der Waals surface area contributed by atoms with E-state index in [1.165, 1.54) is 17.1 Å². The Bertz CT molecular complexity index is 1210. The Morgan fingerprint density at radius 3 is 2.41 bits per heavy atom. The van der Waals surface area contributed by atoms with E-state index in [4.69, 9.17) is 0 Å². The van der Waals surface area contributed by atoms with E-state index in [1.54, 1.807) is 28.9 Å². The van der Waals surface area contributed by atoms with Gasteiger partial charge in [-0.15, -0.1) is 0 Å². The van der Waals surface area contributed by atoms with Crippen LogP contribution in [0.25, 0.3) is 16.7 Å².